The third-order valence-electron chi connectivity index (χ3n) is 5.43. The molecule has 3 aromatic carbocycles. The van der Waals surface area contributed by atoms with Gasteiger partial charge in [-0.1, -0.05) is 42.5 Å². The molecule has 7 nitrogen and oxygen atoms in total. The molecule has 0 bridgehead atoms. The van der Waals surface area contributed by atoms with Crippen molar-refractivity contribution in [2.45, 2.75) is 13.5 Å². The fourth-order valence-corrected chi connectivity index (χ4v) is 3.91. The molecule has 0 unspecified atom stereocenters. The van der Waals surface area contributed by atoms with Crippen LogP contribution in [0.1, 0.15) is 34.0 Å². The summed E-state index contributed by atoms with van der Waals surface area (Å²) in [6.45, 7) is 2.63. The van der Waals surface area contributed by atoms with Gasteiger partial charge in [0.2, 0.25) is 0 Å². The number of amides is 1. The van der Waals surface area contributed by atoms with E-state index in [0.717, 1.165) is 11.1 Å². The first-order chi connectivity index (χ1) is 16.4. The highest BCUT2D eigenvalue weighted by Gasteiger charge is 2.29. The van der Waals surface area contributed by atoms with Crippen LogP contribution in [0.5, 0.6) is 5.75 Å². The fraction of sp³-hybridized carbons (Fsp3) is 0.185. The third kappa shape index (κ3) is 4.79. The molecule has 0 aliphatic carbocycles. The summed E-state index contributed by atoms with van der Waals surface area (Å²) in [7, 11) is 3.88. The minimum Gasteiger partial charge on any atom is -0.508 e. The van der Waals surface area contributed by atoms with Crippen LogP contribution in [-0.4, -0.2) is 42.6 Å². The monoisotopic (exact) mass is 457 g/mol. The molecule has 0 aromatic heterocycles. The number of anilines is 2. The van der Waals surface area contributed by atoms with E-state index in [2.05, 4.69) is 10.6 Å². The van der Waals surface area contributed by atoms with Crippen molar-refractivity contribution in [3.05, 3.63) is 89.0 Å². The molecule has 0 spiro atoms. The summed E-state index contributed by atoms with van der Waals surface area (Å²) in [5.74, 6) is -0.547. The average Bonchev–Trinajstić information content (AvgIpc) is 3.14. The maximum atomic E-state index is 13.1. The number of hydrogen-bond acceptors (Lipinski definition) is 6. The first-order valence-corrected chi connectivity index (χ1v) is 11.0. The molecule has 3 N–H and O–H groups in total. The largest absolute Gasteiger partial charge is 0.508 e. The van der Waals surface area contributed by atoms with Crippen molar-refractivity contribution in [1.29, 1.82) is 0 Å². The Morgan fingerprint density at radius 1 is 1.03 bits per heavy atom. The van der Waals surface area contributed by atoms with Gasteiger partial charge in [-0.2, -0.15) is 0 Å². The number of hydrogen-bond donors (Lipinski definition) is 3. The highest BCUT2D eigenvalue weighted by Crippen LogP contribution is 2.38. The van der Waals surface area contributed by atoms with Crippen LogP contribution in [0, 0.1) is 0 Å². The van der Waals surface area contributed by atoms with E-state index in [1.165, 1.54) is 0 Å². The molecule has 1 heterocycles. The van der Waals surface area contributed by atoms with Gasteiger partial charge in [-0.25, -0.2) is 4.79 Å². The Labute approximate surface area is 198 Å². The number of nitrogens with zero attached hydrogens (tertiary/aromatic N) is 1. The highest BCUT2D eigenvalue weighted by atomic mass is 16.5. The molecule has 1 amide bonds. The summed E-state index contributed by atoms with van der Waals surface area (Å²) in [4.78, 5) is 27.2. The molecular weight excluding hydrogens is 430 g/mol. The van der Waals surface area contributed by atoms with Crippen molar-refractivity contribution in [1.82, 2.24) is 4.90 Å². The predicted octanol–water partition coefficient (Wildman–Crippen LogP) is 4.56. The molecule has 0 saturated carbocycles. The van der Waals surface area contributed by atoms with Gasteiger partial charge in [-0.3, -0.25) is 4.79 Å². The lowest BCUT2D eigenvalue weighted by molar-refractivity contribution is -0.110. The van der Waals surface area contributed by atoms with E-state index in [9.17, 15) is 14.7 Å². The van der Waals surface area contributed by atoms with Crippen LogP contribution < -0.4 is 10.6 Å². The Balaban J connectivity index is 1.79. The maximum absolute atomic E-state index is 13.1. The second kappa shape index (κ2) is 9.80. The quantitative estimate of drug-likeness (QED) is 0.356. The normalized spacial score (nSPS) is 13.9. The van der Waals surface area contributed by atoms with Crippen molar-refractivity contribution >= 4 is 34.5 Å². The van der Waals surface area contributed by atoms with Crippen LogP contribution in [0.4, 0.5) is 11.4 Å². The van der Waals surface area contributed by atoms with E-state index < -0.39 is 5.97 Å². The Kier molecular flexibility index (Phi) is 6.65. The number of ether oxygens (including phenoxy) is 1. The maximum Gasteiger partial charge on any atom is 0.338 e. The molecule has 4 rings (SSSR count). The Bertz CT molecular complexity index is 1270. The van der Waals surface area contributed by atoms with Crippen LogP contribution in [-0.2, 0) is 16.1 Å². The summed E-state index contributed by atoms with van der Waals surface area (Å²) in [6, 6.07) is 19.9. The molecule has 1 aliphatic heterocycles. The fourth-order valence-electron chi connectivity index (χ4n) is 3.91. The van der Waals surface area contributed by atoms with Gasteiger partial charge in [0.15, 0.2) is 0 Å². The highest BCUT2D eigenvalue weighted by molar-refractivity contribution is 6.37. The lowest BCUT2D eigenvalue weighted by Gasteiger charge is -2.17. The van der Waals surface area contributed by atoms with Crippen molar-refractivity contribution in [2.24, 2.45) is 0 Å². The number of esters is 1. The zero-order chi connectivity index (χ0) is 24.2. The predicted molar refractivity (Wildman–Crippen MR) is 133 cm³/mol. The number of aromatic hydroxyl groups is 1. The van der Waals surface area contributed by atoms with Gasteiger partial charge in [-0.05, 0) is 44.8 Å². The number of phenols is 1. The molecule has 3 aromatic rings. The summed E-state index contributed by atoms with van der Waals surface area (Å²) < 4.78 is 5.08. The van der Waals surface area contributed by atoms with Gasteiger partial charge >= 0.3 is 5.97 Å². The van der Waals surface area contributed by atoms with E-state index in [0.29, 0.717) is 40.3 Å². The summed E-state index contributed by atoms with van der Waals surface area (Å²) in [6.07, 6.45) is 0. The molecule has 0 fully saturated rings. The molecule has 0 atom stereocenters. The first-order valence-electron chi connectivity index (χ1n) is 11.0. The van der Waals surface area contributed by atoms with Gasteiger partial charge < -0.3 is 25.4 Å². The minimum atomic E-state index is -0.438. The molecule has 0 saturated heterocycles. The second-order valence-electron chi connectivity index (χ2n) is 8.26. The number of benzene rings is 3. The van der Waals surface area contributed by atoms with Crippen LogP contribution in [0.25, 0.3) is 11.3 Å². The number of carbonyl (C=O) groups is 2. The first kappa shape index (κ1) is 23.1. The smallest absolute Gasteiger partial charge is 0.338 e. The second-order valence-corrected chi connectivity index (χ2v) is 8.26. The Morgan fingerprint density at radius 3 is 2.47 bits per heavy atom. The van der Waals surface area contributed by atoms with Gasteiger partial charge in [0.1, 0.15) is 5.75 Å². The van der Waals surface area contributed by atoms with Crippen molar-refractivity contribution < 1.29 is 19.4 Å². The summed E-state index contributed by atoms with van der Waals surface area (Å²) in [5.41, 5.74) is 4.91. The van der Waals surface area contributed by atoms with Crippen molar-refractivity contribution in [3.8, 4) is 5.75 Å². The number of phenolic OH excluding ortho intramolecular Hbond substituents is 1. The van der Waals surface area contributed by atoms with Gasteiger partial charge in [0.25, 0.3) is 5.91 Å². The minimum absolute atomic E-state index is 0.173. The standard InChI is InChI=1S/C27H27N3O4/c1-4-34-27(33)18-11-13-21-22(14-18)29-26(32)24(21)25(17-8-6-5-7-9-17)28-20-12-10-19(16-30(2)3)23(31)15-20/h5-15,28,31H,4,16H2,1-3H3,(H,29,32)/b25-24-. The number of carbonyl (C=O) groups excluding carboxylic acids is 2. The van der Waals surface area contributed by atoms with Crippen molar-refractivity contribution in [3.63, 3.8) is 0 Å². The van der Waals surface area contributed by atoms with Crippen LogP contribution in [0.15, 0.2) is 66.7 Å². The van der Waals surface area contributed by atoms with Gasteiger partial charge in [0, 0.05) is 29.4 Å². The van der Waals surface area contributed by atoms with E-state index in [1.54, 1.807) is 31.2 Å². The number of fused-ring (bicyclic) bond motifs is 1. The Hall–Kier alpha value is -4.10. The summed E-state index contributed by atoms with van der Waals surface area (Å²) >= 11 is 0. The van der Waals surface area contributed by atoms with Crippen LogP contribution >= 0.6 is 0 Å². The lowest BCUT2D eigenvalue weighted by Crippen LogP contribution is -2.11. The van der Waals surface area contributed by atoms with E-state index in [1.807, 2.05) is 61.5 Å². The molecular formula is C27H27N3O4. The number of nitrogens with one attached hydrogen (secondary N) is 2. The number of rotatable bonds is 7. The molecule has 7 heteroatoms. The lowest BCUT2D eigenvalue weighted by atomic mass is 9.99. The topological polar surface area (TPSA) is 90.9 Å². The van der Waals surface area contributed by atoms with Crippen LogP contribution in [0.2, 0.25) is 0 Å². The zero-order valence-corrected chi connectivity index (χ0v) is 19.4. The van der Waals surface area contributed by atoms with Crippen molar-refractivity contribution in [2.75, 3.05) is 31.3 Å². The van der Waals surface area contributed by atoms with E-state index in [4.69, 9.17) is 4.74 Å². The van der Waals surface area contributed by atoms with E-state index in [-0.39, 0.29) is 18.3 Å². The SMILES string of the molecule is CCOC(=O)c1ccc2c(c1)NC(=O)/C2=C(\Nc1ccc(CN(C)C)c(O)c1)c1ccccc1. The zero-order valence-electron chi connectivity index (χ0n) is 19.4. The van der Waals surface area contributed by atoms with Gasteiger partial charge in [0.05, 0.1) is 29.1 Å². The third-order valence-corrected chi connectivity index (χ3v) is 5.43. The molecule has 1 aliphatic rings. The molecule has 34 heavy (non-hydrogen) atoms. The summed E-state index contributed by atoms with van der Waals surface area (Å²) in [5, 5.41) is 16.7. The van der Waals surface area contributed by atoms with E-state index >= 15 is 0 Å². The molecule has 174 valence electrons. The Morgan fingerprint density at radius 2 is 1.79 bits per heavy atom. The average molecular weight is 458 g/mol. The molecule has 0 radical (unpaired) electrons. The van der Waals surface area contributed by atoms with Gasteiger partial charge in [-0.15, -0.1) is 0 Å². The van der Waals surface area contributed by atoms with Crippen LogP contribution in [0.3, 0.4) is 0 Å².